The molecule has 1 heterocycles. The van der Waals surface area contributed by atoms with Crippen molar-refractivity contribution in [3.05, 3.63) is 51.4 Å². The molecule has 1 nitrogen and oxygen atoms in total. The van der Waals surface area contributed by atoms with E-state index in [1.165, 1.54) is 27.8 Å². The molecule has 1 N–H and O–H groups in total. The molecule has 0 amide bonds. The minimum atomic E-state index is 0.157. The Hall–Kier alpha value is -1.54. The molecule has 0 spiro atoms. The predicted octanol–water partition coefficient (Wildman–Crippen LogP) is 6.16. The van der Waals surface area contributed by atoms with Crippen LogP contribution in [0.4, 0.5) is 0 Å². The number of fused-ring (bicyclic) bond motifs is 1. The molecule has 1 aromatic heterocycles. The Balaban J connectivity index is 2.21. The molecule has 2 aromatic rings. The standard InChI is InChI=1S/C19H22OS/c1-4-13(5-2)18-16(20)10-14-7-6-12(3)17(19(14)18)15-8-9-21-11-15/h6-11,13,18,20H,4-5H2,1-3H3. The van der Waals surface area contributed by atoms with Crippen molar-refractivity contribution in [1.82, 2.24) is 0 Å². The molecule has 0 fully saturated rings. The van der Waals surface area contributed by atoms with Gasteiger partial charge < -0.3 is 5.11 Å². The SMILES string of the molecule is CCC(CC)C1C(O)=Cc2ccc(C)c(-c3ccsc3)c21. The van der Waals surface area contributed by atoms with Crippen LogP contribution in [0.3, 0.4) is 0 Å². The lowest BCUT2D eigenvalue weighted by Gasteiger charge is -2.25. The van der Waals surface area contributed by atoms with Crippen molar-refractivity contribution in [2.45, 2.75) is 39.5 Å². The van der Waals surface area contributed by atoms with Crippen molar-refractivity contribution in [2.75, 3.05) is 0 Å². The van der Waals surface area contributed by atoms with Crippen LogP contribution in [0.15, 0.2) is 34.7 Å². The maximum absolute atomic E-state index is 10.5. The number of thiophene rings is 1. The summed E-state index contributed by atoms with van der Waals surface area (Å²) in [5, 5.41) is 14.9. The van der Waals surface area contributed by atoms with Gasteiger partial charge in [0.2, 0.25) is 0 Å². The van der Waals surface area contributed by atoms with Crippen LogP contribution in [-0.4, -0.2) is 5.11 Å². The van der Waals surface area contributed by atoms with E-state index in [9.17, 15) is 5.11 Å². The molecule has 1 aromatic carbocycles. The Kier molecular flexibility index (Phi) is 3.90. The number of aliphatic hydroxyl groups excluding tert-OH is 1. The van der Waals surface area contributed by atoms with Gasteiger partial charge in [0.25, 0.3) is 0 Å². The topological polar surface area (TPSA) is 20.2 Å². The Labute approximate surface area is 131 Å². The smallest absolute Gasteiger partial charge is 0.101 e. The van der Waals surface area contributed by atoms with Crippen LogP contribution < -0.4 is 0 Å². The maximum atomic E-state index is 10.5. The fourth-order valence-corrected chi connectivity index (χ4v) is 4.28. The van der Waals surface area contributed by atoms with E-state index < -0.39 is 0 Å². The molecule has 1 atom stereocenters. The third kappa shape index (κ3) is 2.32. The highest BCUT2D eigenvalue weighted by Gasteiger charge is 2.33. The van der Waals surface area contributed by atoms with E-state index >= 15 is 0 Å². The summed E-state index contributed by atoms with van der Waals surface area (Å²) in [6.45, 7) is 6.62. The molecule has 1 unspecified atom stereocenters. The summed E-state index contributed by atoms with van der Waals surface area (Å²) in [6, 6.07) is 6.51. The molecule has 1 aliphatic rings. The minimum Gasteiger partial charge on any atom is -0.512 e. The zero-order chi connectivity index (χ0) is 15.0. The molecule has 0 radical (unpaired) electrons. The normalized spacial score (nSPS) is 17.1. The third-order valence-corrected chi connectivity index (χ3v) is 5.43. The van der Waals surface area contributed by atoms with Gasteiger partial charge in [-0.05, 0) is 63.6 Å². The Bertz CT molecular complexity index is 663. The molecular weight excluding hydrogens is 276 g/mol. The van der Waals surface area contributed by atoms with Crippen molar-refractivity contribution < 1.29 is 5.11 Å². The van der Waals surface area contributed by atoms with Gasteiger partial charge in [0.05, 0.1) is 0 Å². The molecule has 1 aliphatic carbocycles. The second-order valence-electron chi connectivity index (χ2n) is 5.90. The third-order valence-electron chi connectivity index (χ3n) is 4.75. The molecule has 0 aliphatic heterocycles. The lowest BCUT2D eigenvalue weighted by Crippen LogP contribution is -2.13. The highest BCUT2D eigenvalue weighted by molar-refractivity contribution is 7.08. The average molecular weight is 298 g/mol. The van der Waals surface area contributed by atoms with Crippen LogP contribution in [-0.2, 0) is 0 Å². The summed E-state index contributed by atoms with van der Waals surface area (Å²) in [6.07, 6.45) is 4.15. The van der Waals surface area contributed by atoms with Gasteiger partial charge in [-0.2, -0.15) is 11.3 Å². The fourth-order valence-electron chi connectivity index (χ4n) is 3.63. The number of benzene rings is 1. The van der Waals surface area contributed by atoms with Crippen LogP contribution in [0.25, 0.3) is 17.2 Å². The van der Waals surface area contributed by atoms with E-state index in [-0.39, 0.29) is 5.92 Å². The van der Waals surface area contributed by atoms with Gasteiger partial charge >= 0.3 is 0 Å². The summed E-state index contributed by atoms with van der Waals surface area (Å²) in [5.74, 6) is 1.20. The van der Waals surface area contributed by atoms with Crippen molar-refractivity contribution in [3.8, 4) is 11.1 Å². The first kappa shape index (κ1) is 14.4. The Morgan fingerprint density at radius 2 is 1.95 bits per heavy atom. The largest absolute Gasteiger partial charge is 0.512 e. The Morgan fingerprint density at radius 3 is 2.57 bits per heavy atom. The quantitative estimate of drug-likeness (QED) is 0.717. The second kappa shape index (κ2) is 5.69. The highest BCUT2D eigenvalue weighted by Crippen LogP contribution is 2.48. The van der Waals surface area contributed by atoms with Gasteiger partial charge in [0, 0.05) is 5.92 Å². The summed E-state index contributed by atoms with van der Waals surface area (Å²) in [4.78, 5) is 0. The van der Waals surface area contributed by atoms with Crippen molar-refractivity contribution >= 4 is 17.4 Å². The zero-order valence-electron chi connectivity index (χ0n) is 12.9. The van der Waals surface area contributed by atoms with E-state index in [4.69, 9.17) is 0 Å². The summed E-state index contributed by atoms with van der Waals surface area (Å²) in [7, 11) is 0. The van der Waals surface area contributed by atoms with E-state index in [0.29, 0.717) is 11.7 Å². The van der Waals surface area contributed by atoms with Crippen LogP contribution >= 0.6 is 11.3 Å². The van der Waals surface area contributed by atoms with Crippen LogP contribution in [0.1, 0.15) is 49.3 Å². The van der Waals surface area contributed by atoms with Gasteiger partial charge in [-0.15, -0.1) is 0 Å². The predicted molar refractivity (Wildman–Crippen MR) is 91.9 cm³/mol. The van der Waals surface area contributed by atoms with Gasteiger partial charge in [-0.1, -0.05) is 38.8 Å². The first-order valence-electron chi connectivity index (χ1n) is 7.74. The van der Waals surface area contributed by atoms with Crippen LogP contribution in [0, 0.1) is 12.8 Å². The number of allylic oxidation sites excluding steroid dienone is 1. The summed E-state index contributed by atoms with van der Waals surface area (Å²) >= 11 is 1.73. The molecular formula is C19H22OS. The number of aryl methyl sites for hydroxylation is 1. The lowest BCUT2D eigenvalue weighted by molar-refractivity contribution is 0.313. The summed E-state index contributed by atoms with van der Waals surface area (Å²) in [5.41, 5.74) is 6.43. The monoisotopic (exact) mass is 298 g/mol. The van der Waals surface area contributed by atoms with Crippen molar-refractivity contribution in [1.29, 1.82) is 0 Å². The molecule has 21 heavy (non-hydrogen) atoms. The van der Waals surface area contributed by atoms with Crippen molar-refractivity contribution in [3.63, 3.8) is 0 Å². The van der Waals surface area contributed by atoms with E-state index in [1.54, 1.807) is 11.3 Å². The van der Waals surface area contributed by atoms with E-state index in [1.807, 2.05) is 6.08 Å². The van der Waals surface area contributed by atoms with E-state index in [0.717, 1.165) is 12.8 Å². The highest BCUT2D eigenvalue weighted by atomic mass is 32.1. The Morgan fingerprint density at radius 1 is 1.19 bits per heavy atom. The zero-order valence-corrected chi connectivity index (χ0v) is 13.7. The average Bonchev–Trinajstić information content (AvgIpc) is 3.09. The number of hydrogen-bond acceptors (Lipinski definition) is 2. The molecule has 0 bridgehead atoms. The fraction of sp³-hybridized carbons (Fsp3) is 0.368. The summed E-state index contributed by atoms with van der Waals surface area (Å²) < 4.78 is 0. The van der Waals surface area contributed by atoms with E-state index in [2.05, 4.69) is 49.7 Å². The van der Waals surface area contributed by atoms with Crippen LogP contribution in [0.2, 0.25) is 0 Å². The van der Waals surface area contributed by atoms with Gasteiger partial charge in [-0.25, -0.2) is 0 Å². The first-order valence-corrected chi connectivity index (χ1v) is 8.68. The minimum absolute atomic E-state index is 0.157. The molecule has 2 heteroatoms. The number of aliphatic hydroxyl groups is 1. The van der Waals surface area contributed by atoms with Crippen LogP contribution in [0.5, 0.6) is 0 Å². The van der Waals surface area contributed by atoms with Gasteiger partial charge in [0.15, 0.2) is 0 Å². The number of hydrogen-bond donors (Lipinski definition) is 1. The van der Waals surface area contributed by atoms with Gasteiger partial charge in [-0.3, -0.25) is 0 Å². The van der Waals surface area contributed by atoms with Gasteiger partial charge in [0.1, 0.15) is 5.76 Å². The molecule has 0 saturated heterocycles. The second-order valence-corrected chi connectivity index (χ2v) is 6.68. The maximum Gasteiger partial charge on any atom is 0.101 e. The molecule has 0 saturated carbocycles. The molecule has 110 valence electrons. The molecule has 3 rings (SSSR count). The first-order chi connectivity index (χ1) is 10.2. The lowest BCUT2D eigenvalue weighted by atomic mass is 9.79. The van der Waals surface area contributed by atoms with Crippen molar-refractivity contribution in [2.24, 2.45) is 5.92 Å². The number of rotatable bonds is 4.